The lowest BCUT2D eigenvalue weighted by Crippen LogP contribution is -2.19. The Hall–Kier alpha value is -2.25. The van der Waals surface area contributed by atoms with E-state index in [0.29, 0.717) is 12.3 Å². The van der Waals surface area contributed by atoms with Crippen molar-refractivity contribution in [2.75, 3.05) is 11.9 Å². The number of hydrogen-bond acceptors (Lipinski definition) is 5. The van der Waals surface area contributed by atoms with E-state index in [-0.39, 0.29) is 17.2 Å². The smallest absolute Gasteiger partial charge is 0.340 e. The summed E-state index contributed by atoms with van der Waals surface area (Å²) in [6, 6.07) is 9.46. The molecule has 6 nitrogen and oxygen atoms in total. The van der Waals surface area contributed by atoms with Gasteiger partial charge in [-0.1, -0.05) is 30.3 Å². The first-order valence-corrected chi connectivity index (χ1v) is 6.96. The lowest BCUT2D eigenvalue weighted by Gasteiger charge is -2.05. The van der Waals surface area contributed by atoms with Gasteiger partial charge in [-0.15, -0.1) is 0 Å². The summed E-state index contributed by atoms with van der Waals surface area (Å²) in [6.07, 6.45) is 0. The van der Waals surface area contributed by atoms with E-state index in [1.807, 2.05) is 30.3 Å². The molecule has 0 atom stereocenters. The van der Waals surface area contributed by atoms with Crippen molar-refractivity contribution in [3.8, 4) is 0 Å². The summed E-state index contributed by atoms with van der Waals surface area (Å²) in [5.74, 6) is -1.51. The number of carboxylic acids is 1. The van der Waals surface area contributed by atoms with Crippen LogP contribution in [-0.2, 0) is 16.1 Å². The fourth-order valence-corrected chi connectivity index (χ4v) is 2.51. The van der Waals surface area contributed by atoms with E-state index >= 15 is 0 Å². The monoisotopic (exact) mass is 306 g/mol. The molecule has 0 radical (unpaired) electrons. The molecule has 2 rings (SSSR count). The summed E-state index contributed by atoms with van der Waals surface area (Å²) in [4.78, 5) is 22.8. The molecule has 110 valence electrons. The number of aromatic carboxylic acids is 1. The maximum atomic E-state index is 11.7. The topological polar surface area (TPSA) is 88.5 Å². The molecule has 21 heavy (non-hydrogen) atoms. The number of carbonyl (C=O) groups is 2. The third-order valence-corrected chi connectivity index (χ3v) is 3.53. The highest BCUT2D eigenvalue weighted by Crippen LogP contribution is 2.24. The van der Waals surface area contributed by atoms with Gasteiger partial charge in [-0.25, -0.2) is 4.79 Å². The Labute approximate surface area is 125 Å². The quantitative estimate of drug-likeness (QED) is 0.855. The number of aromatic nitrogens is 1. The lowest BCUT2D eigenvalue weighted by atomic mass is 10.2. The highest BCUT2D eigenvalue weighted by atomic mass is 32.1. The fourth-order valence-electron chi connectivity index (χ4n) is 1.71. The van der Waals surface area contributed by atoms with Gasteiger partial charge in [0.2, 0.25) is 0 Å². The van der Waals surface area contributed by atoms with Gasteiger partial charge in [0.05, 0.1) is 12.3 Å². The Morgan fingerprint density at radius 3 is 2.71 bits per heavy atom. The van der Waals surface area contributed by atoms with Gasteiger partial charge in [-0.05, 0) is 24.0 Å². The molecule has 0 saturated heterocycles. The lowest BCUT2D eigenvalue weighted by molar-refractivity contribution is -0.120. The van der Waals surface area contributed by atoms with E-state index < -0.39 is 11.9 Å². The Balaban J connectivity index is 1.86. The molecule has 2 N–H and O–H groups in total. The number of anilines is 1. The number of nitrogens with one attached hydrogen (secondary N) is 1. The minimum atomic E-state index is -1.11. The fraction of sp³-hybridized carbons (Fsp3) is 0.214. The van der Waals surface area contributed by atoms with E-state index in [0.717, 1.165) is 17.1 Å². The van der Waals surface area contributed by atoms with Crippen molar-refractivity contribution in [2.45, 2.75) is 13.5 Å². The van der Waals surface area contributed by atoms with Crippen LogP contribution in [0.4, 0.5) is 5.00 Å². The molecule has 1 aromatic carbocycles. The molecule has 1 heterocycles. The second kappa shape index (κ2) is 6.96. The Bertz CT molecular complexity index is 640. The molecular weight excluding hydrogens is 292 g/mol. The largest absolute Gasteiger partial charge is 0.478 e. The zero-order chi connectivity index (χ0) is 15.2. The second-order valence-electron chi connectivity index (χ2n) is 4.30. The van der Waals surface area contributed by atoms with Gasteiger partial charge in [0.1, 0.15) is 17.2 Å². The van der Waals surface area contributed by atoms with E-state index in [1.54, 1.807) is 6.92 Å². The molecular formula is C14H14N2O4S. The molecule has 0 aliphatic heterocycles. The van der Waals surface area contributed by atoms with Gasteiger partial charge in [0, 0.05) is 0 Å². The third-order valence-electron chi connectivity index (χ3n) is 2.67. The third kappa shape index (κ3) is 4.11. The predicted octanol–water partition coefficient (Wildman–Crippen LogP) is 2.31. The standard InChI is InChI=1S/C14H14N2O4S/c1-9-12(14(18)19)13(21-16-9)15-11(17)8-20-7-10-5-3-2-4-6-10/h2-6H,7-8H2,1H3,(H,15,17)(H,18,19). The second-order valence-corrected chi connectivity index (χ2v) is 5.08. The predicted molar refractivity (Wildman–Crippen MR) is 78.5 cm³/mol. The van der Waals surface area contributed by atoms with Crippen molar-refractivity contribution in [3.63, 3.8) is 0 Å². The van der Waals surface area contributed by atoms with E-state index in [1.165, 1.54) is 0 Å². The van der Waals surface area contributed by atoms with Gasteiger partial charge >= 0.3 is 5.97 Å². The maximum Gasteiger partial charge on any atom is 0.340 e. The van der Waals surface area contributed by atoms with Crippen LogP contribution in [0.1, 0.15) is 21.6 Å². The summed E-state index contributed by atoms with van der Waals surface area (Å²) >= 11 is 0.944. The number of carboxylic acid groups (broad SMARTS) is 1. The van der Waals surface area contributed by atoms with Crippen LogP contribution in [0.25, 0.3) is 0 Å². The average molecular weight is 306 g/mol. The molecule has 1 amide bonds. The van der Waals surface area contributed by atoms with Gasteiger partial charge in [0.15, 0.2) is 0 Å². The van der Waals surface area contributed by atoms with Crippen molar-refractivity contribution in [3.05, 3.63) is 47.2 Å². The summed E-state index contributed by atoms with van der Waals surface area (Å²) in [7, 11) is 0. The van der Waals surface area contributed by atoms with Crippen molar-refractivity contribution in [1.82, 2.24) is 4.37 Å². The summed E-state index contributed by atoms with van der Waals surface area (Å²) in [6.45, 7) is 1.76. The Kier molecular flexibility index (Phi) is 5.02. The first-order valence-electron chi connectivity index (χ1n) is 6.19. The molecule has 0 saturated carbocycles. The summed E-state index contributed by atoms with van der Waals surface area (Å²) in [5, 5.41) is 11.8. The molecule has 7 heteroatoms. The number of aryl methyl sites for hydroxylation is 1. The van der Waals surface area contributed by atoms with Crippen LogP contribution in [0.2, 0.25) is 0 Å². The van der Waals surface area contributed by atoms with Crippen LogP contribution >= 0.6 is 11.5 Å². The zero-order valence-electron chi connectivity index (χ0n) is 11.3. The number of carbonyl (C=O) groups excluding carboxylic acids is 1. The van der Waals surface area contributed by atoms with Crippen molar-refractivity contribution >= 4 is 28.4 Å². The van der Waals surface area contributed by atoms with Crippen LogP contribution in [-0.4, -0.2) is 28.0 Å². The minimum absolute atomic E-state index is 0.0245. The molecule has 1 aromatic heterocycles. The normalized spacial score (nSPS) is 10.3. The minimum Gasteiger partial charge on any atom is -0.478 e. The first-order chi connectivity index (χ1) is 10.1. The zero-order valence-corrected chi connectivity index (χ0v) is 12.1. The van der Waals surface area contributed by atoms with Crippen LogP contribution in [0.5, 0.6) is 0 Å². The van der Waals surface area contributed by atoms with Crippen molar-refractivity contribution in [2.24, 2.45) is 0 Å². The molecule has 0 fully saturated rings. The van der Waals surface area contributed by atoms with Crippen molar-refractivity contribution in [1.29, 1.82) is 0 Å². The van der Waals surface area contributed by atoms with E-state index in [9.17, 15) is 9.59 Å². The summed E-state index contributed by atoms with van der Waals surface area (Å²) < 4.78 is 9.21. The van der Waals surface area contributed by atoms with Crippen LogP contribution in [0, 0.1) is 6.92 Å². The molecule has 0 aliphatic rings. The maximum absolute atomic E-state index is 11.7. The molecule has 0 bridgehead atoms. The highest BCUT2D eigenvalue weighted by molar-refractivity contribution is 7.11. The van der Waals surface area contributed by atoms with Crippen LogP contribution in [0.15, 0.2) is 30.3 Å². The number of ether oxygens (including phenoxy) is 1. The van der Waals surface area contributed by atoms with Crippen molar-refractivity contribution < 1.29 is 19.4 Å². The SMILES string of the molecule is Cc1nsc(NC(=O)COCc2ccccc2)c1C(=O)O. The molecule has 0 aliphatic carbocycles. The number of rotatable bonds is 6. The molecule has 0 spiro atoms. The average Bonchev–Trinajstić information content (AvgIpc) is 2.81. The van der Waals surface area contributed by atoms with Crippen LogP contribution in [0.3, 0.4) is 0 Å². The van der Waals surface area contributed by atoms with Gasteiger partial charge < -0.3 is 15.2 Å². The Morgan fingerprint density at radius 1 is 1.33 bits per heavy atom. The highest BCUT2D eigenvalue weighted by Gasteiger charge is 2.19. The number of nitrogens with zero attached hydrogens (tertiary/aromatic N) is 1. The number of amides is 1. The van der Waals surface area contributed by atoms with Gasteiger partial charge in [-0.3, -0.25) is 4.79 Å². The summed E-state index contributed by atoms with van der Waals surface area (Å²) in [5.41, 5.74) is 1.37. The van der Waals surface area contributed by atoms with Gasteiger partial charge in [0.25, 0.3) is 5.91 Å². The van der Waals surface area contributed by atoms with Gasteiger partial charge in [-0.2, -0.15) is 4.37 Å². The van der Waals surface area contributed by atoms with Crippen LogP contribution < -0.4 is 5.32 Å². The van der Waals surface area contributed by atoms with E-state index in [2.05, 4.69) is 9.69 Å². The molecule has 0 unspecified atom stereocenters. The van der Waals surface area contributed by atoms with E-state index in [4.69, 9.17) is 9.84 Å². The Morgan fingerprint density at radius 2 is 2.05 bits per heavy atom. The first kappa shape index (κ1) is 15.1. The number of benzene rings is 1. The number of hydrogen-bond donors (Lipinski definition) is 2. The molecule has 2 aromatic rings.